The van der Waals surface area contributed by atoms with Gasteiger partial charge < -0.3 is 11.1 Å². The molecule has 1 unspecified atom stereocenters. The van der Waals surface area contributed by atoms with Gasteiger partial charge in [0.05, 0.1) is 29.4 Å². The molecular formula is C9H11N3O2S. The molecule has 0 amide bonds. The van der Waals surface area contributed by atoms with Gasteiger partial charge in [0.2, 0.25) is 0 Å². The highest BCUT2D eigenvalue weighted by atomic mass is 32.2. The second-order valence-electron chi connectivity index (χ2n) is 3.37. The van der Waals surface area contributed by atoms with Crippen molar-refractivity contribution in [3.8, 4) is 0 Å². The Morgan fingerprint density at radius 1 is 1.53 bits per heavy atom. The predicted octanol–water partition coefficient (Wildman–Crippen LogP) is 0.386. The first kappa shape index (κ1) is 9.97. The summed E-state index contributed by atoms with van der Waals surface area (Å²) in [7, 11) is -3.03. The molecule has 5 nitrogen and oxygen atoms in total. The SMILES string of the molecule is Nc1cnccc1NC1C=CS(=O)(=O)C1. The molecule has 1 atom stereocenters. The molecule has 0 bridgehead atoms. The summed E-state index contributed by atoms with van der Waals surface area (Å²) in [6, 6.07) is 1.51. The van der Waals surface area contributed by atoms with Gasteiger partial charge in [-0.05, 0) is 6.07 Å². The lowest BCUT2D eigenvalue weighted by molar-refractivity contribution is 0.605. The molecule has 15 heavy (non-hydrogen) atoms. The average Bonchev–Trinajstić information content (AvgIpc) is 2.50. The largest absolute Gasteiger partial charge is 0.396 e. The Hall–Kier alpha value is -1.56. The van der Waals surface area contributed by atoms with E-state index in [1.807, 2.05) is 0 Å². The number of nitrogens with one attached hydrogen (secondary N) is 1. The molecule has 3 N–H and O–H groups in total. The Balaban J connectivity index is 2.12. The minimum Gasteiger partial charge on any atom is -0.396 e. The minimum absolute atomic E-state index is 0.0781. The summed E-state index contributed by atoms with van der Waals surface area (Å²) in [5, 5.41) is 4.26. The van der Waals surface area contributed by atoms with Crippen LogP contribution in [-0.4, -0.2) is 25.2 Å². The average molecular weight is 225 g/mol. The van der Waals surface area contributed by atoms with E-state index in [0.717, 1.165) is 0 Å². The van der Waals surface area contributed by atoms with Crippen molar-refractivity contribution in [2.45, 2.75) is 6.04 Å². The van der Waals surface area contributed by atoms with Crippen LogP contribution in [-0.2, 0) is 9.84 Å². The molecule has 0 saturated carbocycles. The summed E-state index contributed by atoms with van der Waals surface area (Å²) in [6.45, 7) is 0. The van der Waals surface area contributed by atoms with E-state index in [4.69, 9.17) is 5.73 Å². The third-order valence-corrected chi connectivity index (χ3v) is 3.52. The first-order valence-corrected chi connectivity index (χ1v) is 6.15. The number of anilines is 2. The molecule has 1 aliphatic heterocycles. The van der Waals surface area contributed by atoms with Crippen LogP contribution < -0.4 is 11.1 Å². The number of aromatic nitrogens is 1. The monoisotopic (exact) mass is 225 g/mol. The topological polar surface area (TPSA) is 85.1 Å². The van der Waals surface area contributed by atoms with E-state index in [2.05, 4.69) is 10.3 Å². The maximum atomic E-state index is 11.1. The van der Waals surface area contributed by atoms with Crippen LogP contribution in [0.1, 0.15) is 0 Å². The van der Waals surface area contributed by atoms with Gasteiger partial charge in [0.15, 0.2) is 9.84 Å². The Bertz CT molecular complexity index is 496. The van der Waals surface area contributed by atoms with Crippen LogP contribution >= 0.6 is 0 Å². The molecule has 0 aliphatic carbocycles. The molecule has 1 aromatic rings. The Kier molecular flexibility index (Phi) is 2.36. The molecule has 0 fully saturated rings. The first-order chi connectivity index (χ1) is 7.07. The van der Waals surface area contributed by atoms with Gasteiger partial charge in [-0.15, -0.1) is 0 Å². The molecule has 0 radical (unpaired) electrons. The van der Waals surface area contributed by atoms with Crippen molar-refractivity contribution in [2.24, 2.45) is 0 Å². The zero-order chi connectivity index (χ0) is 10.9. The zero-order valence-electron chi connectivity index (χ0n) is 7.92. The number of nitrogens with zero attached hydrogens (tertiary/aromatic N) is 1. The van der Waals surface area contributed by atoms with Crippen LogP contribution in [0, 0.1) is 0 Å². The van der Waals surface area contributed by atoms with E-state index in [1.54, 1.807) is 18.3 Å². The maximum Gasteiger partial charge on any atom is 0.173 e. The standard InChI is InChI=1S/C9H11N3O2S/c10-8-5-11-3-1-9(8)12-7-2-4-15(13,14)6-7/h1-5,7H,6,10H2,(H,11,12). The molecule has 0 spiro atoms. The second-order valence-corrected chi connectivity index (χ2v) is 5.30. The minimum atomic E-state index is -3.03. The Morgan fingerprint density at radius 3 is 2.93 bits per heavy atom. The van der Waals surface area contributed by atoms with Crippen molar-refractivity contribution in [3.63, 3.8) is 0 Å². The summed E-state index contributed by atoms with van der Waals surface area (Å²) < 4.78 is 22.3. The Morgan fingerprint density at radius 2 is 2.33 bits per heavy atom. The van der Waals surface area contributed by atoms with Crippen LogP contribution in [0.2, 0.25) is 0 Å². The van der Waals surface area contributed by atoms with Gasteiger partial charge in [-0.1, -0.05) is 6.08 Å². The third kappa shape index (κ3) is 2.27. The Labute approximate surface area is 87.9 Å². The van der Waals surface area contributed by atoms with Gasteiger partial charge in [0.1, 0.15) is 0 Å². The van der Waals surface area contributed by atoms with Crippen molar-refractivity contribution in [3.05, 3.63) is 29.9 Å². The fourth-order valence-corrected chi connectivity index (χ4v) is 2.64. The van der Waals surface area contributed by atoms with E-state index in [9.17, 15) is 8.42 Å². The number of sulfone groups is 1. The van der Waals surface area contributed by atoms with Crippen LogP contribution in [0.15, 0.2) is 29.9 Å². The van der Waals surface area contributed by atoms with Crippen molar-refractivity contribution in [2.75, 3.05) is 16.8 Å². The van der Waals surface area contributed by atoms with Crippen molar-refractivity contribution in [1.29, 1.82) is 0 Å². The highest BCUT2D eigenvalue weighted by molar-refractivity contribution is 7.94. The van der Waals surface area contributed by atoms with Gasteiger partial charge in [-0.2, -0.15) is 0 Å². The van der Waals surface area contributed by atoms with Gasteiger partial charge >= 0.3 is 0 Å². The number of hydrogen-bond acceptors (Lipinski definition) is 5. The highest BCUT2D eigenvalue weighted by Gasteiger charge is 2.21. The lowest BCUT2D eigenvalue weighted by Gasteiger charge is -2.12. The van der Waals surface area contributed by atoms with E-state index >= 15 is 0 Å². The van der Waals surface area contributed by atoms with Crippen molar-refractivity contribution < 1.29 is 8.42 Å². The van der Waals surface area contributed by atoms with Crippen LogP contribution in [0.5, 0.6) is 0 Å². The number of nitrogens with two attached hydrogens (primary N) is 1. The van der Waals surface area contributed by atoms with Gasteiger partial charge in [-0.25, -0.2) is 8.42 Å². The number of hydrogen-bond donors (Lipinski definition) is 2. The second kappa shape index (κ2) is 3.54. The van der Waals surface area contributed by atoms with Crippen molar-refractivity contribution in [1.82, 2.24) is 4.98 Å². The molecule has 6 heteroatoms. The van der Waals surface area contributed by atoms with E-state index in [1.165, 1.54) is 11.6 Å². The summed E-state index contributed by atoms with van der Waals surface area (Å²) in [4.78, 5) is 3.85. The molecule has 80 valence electrons. The molecule has 0 aromatic carbocycles. The van der Waals surface area contributed by atoms with Crippen molar-refractivity contribution >= 4 is 21.2 Å². The van der Waals surface area contributed by atoms with Crippen LogP contribution in [0.4, 0.5) is 11.4 Å². The predicted molar refractivity (Wildman–Crippen MR) is 59.0 cm³/mol. The molecule has 1 aliphatic rings. The van der Waals surface area contributed by atoms with E-state index in [0.29, 0.717) is 11.4 Å². The molecule has 0 saturated heterocycles. The maximum absolute atomic E-state index is 11.1. The normalized spacial score (nSPS) is 22.8. The van der Waals surface area contributed by atoms with Gasteiger partial charge in [-0.3, -0.25) is 4.98 Å². The number of nitrogen functional groups attached to an aromatic ring is 1. The van der Waals surface area contributed by atoms with E-state index in [-0.39, 0.29) is 11.8 Å². The fourth-order valence-electron chi connectivity index (χ4n) is 1.40. The van der Waals surface area contributed by atoms with Crippen LogP contribution in [0.3, 0.4) is 0 Å². The quantitative estimate of drug-likeness (QED) is 0.760. The molecular weight excluding hydrogens is 214 g/mol. The first-order valence-electron chi connectivity index (χ1n) is 4.44. The number of pyridine rings is 1. The smallest absolute Gasteiger partial charge is 0.173 e. The fraction of sp³-hybridized carbons (Fsp3) is 0.222. The number of rotatable bonds is 2. The summed E-state index contributed by atoms with van der Waals surface area (Å²) in [5.41, 5.74) is 6.88. The van der Waals surface area contributed by atoms with Crippen LogP contribution in [0.25, 0.3) is 0 Å². The summed E-state index contributed by atoms with van der Waals surface area (Å²) in [5.74, 6) is 0.0781. The lowest BCUT2D eigenvalue weighted by atomic mass is 10.3. The third-order valence-electron chi connectivity index (χ3n) is 2.12. The highest BCUT2D eigenvalue weighted by Crippen LogP contribution is 2.19. The van der Waals surface area contributed by atoms with Gasteiger partial charge in [0.25, 0.3) is 0 Å². The molecule has 2 heterocycles. The zero-order valence-corrected chi connectivity index (χ0v) is 8.74. The molecule has 1 aromatic heterocycles. The summed E-state index contributed by atoms with van der Waals surface area (Å²) >= 11 is 0. The van der Waals surface area contributed by atoms with Gasteiger partial charge in [0, 0.05) is 11.6 Å². The lowest BCUT2D eigenvalue weighted by Crippen LogP contribution is -2.21. The van der Waals surface area contributed by atoms with E-state index < -0.39 is 9.84 Å². The molecule has 2 rings (SSSR count). The summed E-state index contributed by atoms with van der Waals surface area (Å²) in [6.07, 6.45) is 4.75.